The van der Waals surface area contributed by atoms with Gasteiger partial charge < -0.3 is 5.11 Å². The average Bonchev–Trinajstić information content (AvgIpc) is 3.32. The molecule has 0 amide bonds. The number of unbranched alkanes of at least 4 members (excludes halogenated alkanes) is 11. The highest BCUT2D eigenvalue weighted by atomic mass is 16.4. The first-order valence-corrected chi connectivity index (χ1v) is 9.78. The highest BCUT2D eigenvalue weighted by Gasteiger charge is 2.38. The van der Waals surface area contributed by atoms with E-state index in [2.05, 4.69) is 16.1 Å². The molecule has 0 spiro atoms. The molecule has 4 nitrogen and oxygen atoms in total. The summed E-state index contributed by atoms with van der Waals surface area (Å²) in [5, 5.41) is 17.0. The molecule has 1 aliphatic heterocycles. The molecule has 0 atom stereocenters. The summed E-state index contributed by atoms with van der Waals surface area (Å²) in [6.45, 7) is 0. The maximum Gasteiger partial charge on any atom is 0.303 e. The Bertz CT molecular complexity index is 406. The second-order valence-corrected chi connectivity index (χ2v) is 7.02. The number of carbonyl (C=O) groups is 1. The Balaban J connectivity index is 1.77. The van der Waals surface area contributed by atoms with Crippen molar-refractivity contribution in [2.45, 2.75) is 108 Å². The molecule has 1 N–H and O–H groups in total. The van der Waals surface area contributed by atoms with Crippen molar-refractivity contribution in [2.24, 2.45) is 10.2 Å². The van der Waals surface area contributed by atoms with Crippen molar-refractivity contribution in [2.75, 3.05) is 0 Å². The molecule has 0 saturated heterocycles. The Kier molecular flexibility index (Phi) is 11.2. The van der Waals surface area contributed by atoms with Gasteiger partial charge in [-0.15, -0.1) is 12.3 Å². The van der Waals surface area contributed by atoms with E-state index in [1.165, 1.54) is 57.8 Å². The zero-order chi connectivity index (χ0) is 17.5. The molecule has 0 unspecified atom stereocenters. The normalized spacial score (nSPS) is 14.5. The molecule has 1 rings (SSSR count). The lowest BCUT2D eigenvalue weighted by Gasteiger charge is -2.09. The van der Waals surface area contributed by atoms with Gasteiger partial charge in [-0.25, -0.2) is 0 Å². The largest absolute Gasteiger partial charge is 0.481 e. The third-order valence-electron chi connectivity index (χ3n) is 4.75. The summed E-state index contributed by atoms with van der Waals surface area (Å²) in [5.41, 5.74) is -0.0442. The molecular formula is C20H34N2O2. The Morgan fingerprint density at radius 1 is 0.792 bits per heavy atom. The van der Waals surface area contributed by atoms with Gasteiger partial charge in [0.15, 0.2) is 5.66 Å². The van der Waals surface area contributed by atoms with Crippen LogP contribution in [0.3, 0.4) is 0 Å². The lowest BCUT2D eigenvalue weighted by molar-refractivity contribution is -0.137. The Labute approximate surface area is 147 Å². The monoisotopic (exact) mass is 334 g/mol. The Morgan fingerprint density at radius 3 is 1.71 bits per heavy atom. The summed E-state index contributed by atoms with van der Waals surface area (Å²) < 4.78 is 0. The summed E-state index contributed by atoms with van der Waals surface area (Å²) in [5.74, 6) is 2.01. The fourth-order valence-electron chi connectivity index (χ4n) is 3.14. The van der Waals surface area contributed by atoms with Gasteiger partial charge in [0.05, 0.1) is 0 Å². The molecular weight excluding hydrogens is 300 g/mol. The third kappa shape index (κ3) is 11.2. The van der Waals surface area contributed by atoms with E-state index < -0.39 is 5.97 Å². The van der Waals surface area contributed by atoms with Gasteiger partial charge in [0.25, 0.3) is 0 Å². The second kappa shape index (κ2) is 13.0. The Morgan fingerprint density at radius 2 is 1.25 bits per heavy atom. The van der Waals surface area contributed by atoms with Crippen molar-refractivity contribution in [3.63, 3.8) is 0 Å². The molecule has 24 heavy (non-hydrogen) atoms. The maximum atomic E-state index is 10.4. The predicted octanol–water partition coefficient (Wildman–Crippen LogP) is 6.11. The molecule has 0 aliphatic carbocycles. The molecule has 0 fully saturated rings. The molecule has 0 bridgehead atoms. The molecule has 0 aromatic carbocycles. The van der Waals surface area contributed by atoms with Gasteiger partial charge in [0.1, 0.15) is 0 Å². The lowest BCUT2D eigenvalue weighted by Crippen LogP contribution is -2.10. The topological polar surface area (TPSA) is 62.0 Å². The highest BCUT2D eigenvalue weighted by molar-refractivity contribution is 5.66. The first kappa shape index (κ1) is 20.7. The Hall–Kier alpha value is -1.37. The van der Waals surface area contributed by atoms with Crippen molar-refractivity contribution in [3.8, 4) is 12.3 Å². The van der Waals surface area contributed by atoms with Crippen LogP contribution in [-0.2, 0) is 4.79 Å². The van der Waals surface area contributed by atoms with Gasteiger partial charge in [-0.2, -0.15) is 10.2 Å². The number of nitrogens with zero attached hydrogens (tertiary/aromatic N) is 2. The van der Waals surface area contributed by atoms with Crippen molar-refractivity contribution in [3.05, 3.63) is 0 Å². The van der Waals surface area contributed by atoms with Crippen LogP contribution in [0.15, 0.2) is 10.2 Å². The maximum absolute atomic E-state index is 10.4. The SMILES string of the molecule is C#CCCCC1(CCCCCCCCCCCCCC(=O)O)N=N1. The van der Waals surface area contributed by atoms with E-state index in [4.69, 9.17) is 11.5 Å². The highest BCUT2D eigenvalue weighted by Crippen LogP contribution is 2.38. The van der Waals surface area contributed by atoms with Crippen LogP contribution < -0.4 is 0 Å². The number of carboxylic acid groups (broad SMARTS) is 1. The first-order valence-electron chi connectivity index (χ1n) is 9.78. The third-order valence-corrected chi connectivity index (χ3v) is 4.75. The number of rotatable bonds is 17. The van der Waals surface area contributed by atoms with E-state index in [0.29, 0.717) is 6.42 Å². The van der Waals surface area contributed by atoms with Crippen molar-refractivity contribution < 1.29 is 9.90 Å². The molecule has 0 aromatic heterocycles. The van der Waals surface area contributed by atoms with Crippen LogP contribution in [0.4, 0.5) is 0 Å². The molecule has 0 aromatic rings. The molecule has 136 valence electrons. The summed E-state index contributed by atoms with van der Waals surface area (Å²) in [4.78, 5) is 10.4. The minimum atomic E-state index is -0.669. The summed E-state index contributed by atoms with van der Waals surface area (Å²) >= 11 is 0. The minimum Gasteiger partial charge on any atom is -0.481 e. The molecule has 0 saturated carbocycles. The second-order valence-electron chi connectivity index (χ2n) is 7.02. The molecule has 0 radical (unpaired) electrons. The van der Waals surface area contributed by atoms with Gasteiger partial charge in [-0.3, -0.25) is 4.79 Å². The van der Waals surface area contributed by atoms with E-state index in [1.54, 1.807) is 0 Å². The quantitative estimate of drug-likeness (QED) is 0.258. The van der Waals surface area contributed by atoms with Crippen molar-refractivity contribution in [1.29, 1.82) is 0 Å². The van der Waals surface area contributed by atoms with Gasteiger partial charge in [0, 0.05) is 12.8 Å². The average molecular weight is 335 g/mol. The standard InChI is InChI=1S/C20H34N2O2/c1-2-3-14-17-20(21-22-20)18-15-12-10-8-6-4-5-7-9-11-13-16-19(23)24/h1H,3-18H2,(H,23,24). The van der Waals surface area contributed by atoms with Crippen LogP contribution in [0.5, 0.6) is 0 Å². The molecule has 1 heterocycles. The van der Waals surface area contributed by atoms with E-state index in [9.17, 15) is 4.79 Å². The van der Waals surface area contributed by atoms with E-state index in [-0.39, 0.29) is 5.66 Å². The number of carboxylic acids is 1. The van der Waals surface area contributed by atoms with Gasteiger partial charge >= 0.3 is 5.97 Å². The van der Waals surface area contributed by atoms with Gasteiger partial charge in [0.2, 0.25) is 0 Å². The van der Waals surface area contributed by atoms with Crippen LogP contribution >= 0.6 is 0 Å². The smallest absolute Gasteiger partial charge is 0.303 e. The van der Waals surface area contributed by atoms with Gasteiger partial charge in [-0.1, -0.05) is 57.8 Å². The van der Waals surface area contributed by atoms with Crippen LogP contribution in [0.1, 0.15) is 103 Å². The number of hydrogen-bond donors (Lipinski definition) is 1. The van der Waals surface area contributed by atoms with Crippen LogP contribution in [0.2, 0.25) is 0 Å². The lowest BCUT2D eigenvalue weighted by atomic mass is 9.98. The zero-order valence-electron chi connectivity index (χ0n) is 15.1. The van der Waals surface area contributed by atoms with E-state index in [0.717, 1.165) is 38.5 Å². The predicted molar refractivity (Wildman–Crippen MR) is 97.9 cm³/mol. The number of terminal acetylenes is 1. The fraction of sp³-hybridized carbons (Fsp3) is 0.850. The van der Waals surface area contributed by atoms with Crippen LogP contribution in [0.25, 0.3) is 0 Å². The van der Waals surface area contributed by atoms with E-state index >= 15 is 0 Å². The zero-order valence-corrected chi connectivity index (χ0v) is 15.1. The summed E-state index contributed by atoms with van der Waals surface area (Å²) in [6.07, 6.45) is 23.1. The summed E-state index contributed by atoms with van der Waals surface area (Å²) in [6, 6.07) is 0. The number of aliphatic carboxylic acids is 1. The minimum absolute atomic E-state index is 0.0442. The first-order chi connectivity index (χ1) is 11.7. The van der Waals surface area contributed by atoms with Crippen LogP contribution in [-0.4, -0.2) is 16.7 Å². The fourth-order valence-corrected chi connectivity index (χ4v) is 3.14. The van der Waals surface area contributed by atoms with Gasteiger partial charge in [-0.05, 0) is 32.1 Å². The van der Waals surface area contributed by atoms with E-state index in [1.807, 2.05) is 0 Å². The molecule has 4 heteroatoms. The molecule has 1 aliphatic rings. The van der Waals surface area contributed by atoms with Crippen LogP contribution in [0, 0.1) is 12.3 Å². The summed E-state index contributed by atoms with van der Waals surface area (Å²) in [7, 11) is 0. The van der Waals surface area contributed by atoms with Crippen molar-refractivity contribution >= 4 is 5.97 Å². The number of hydrogen-bond acceptors (Lipinski definition) is 3. The van der Waals surface area contributed by atoms with Crippen molar-refractivity contribution in [1.82, 2.24) is 0 Å².